The lowest BCUT2D eigenvalue weighted by Crippen LogP contribution is -2.09. The van der Waals surface area contributed by atoms with E-state index in [9.17, 15) is 0 Å². The van der Waals surface area contributed by atoms with Crippen molar-refractivity contribution in [3.05, 3.63) is 30.0 Å². The van der Waals surface area contributed by atoms with Crippen molar-refractivity contribution in [2.24, 2.45) is 11.7 Å². The summed E-state index contributed by atoms with van der Waals surface area (Å²) in [5.74, 6) is 10.8. The minimum atomic E-state index is 0. The third-order valence-corrected chi connectivity index (χ3v) is 2.26. The van der Waals surface area contributed by atoms with Crippen LogP contribution in [0.5, 0.6) is 0 Å². The average molecular weight is 240 g/mol. The molecule has 6 N–H and O–H groups in total. The van der Waals surface area contributed by atoms with E-state index in [2.05, 4.69) is 15.8 Å². The molecule has 16 heavy (non-hydrogen) atoms. The minimum absolute atomic E-state index is 0. The van der Waals surface area contributed by atoms with Crippen LogP contribution in [0.4, 0.5) is 11.4 Å². The number of nitrogens with zero attached hydrogens (tertiary/aromatic N) is 1. The first-order valence-corrected chi connectivity index (χ1v) is 4.59. The van der Waals surface area contributed by atoms with Crippen LogP contribution in [0.25, 0.3) is 10.9 Å². The molecule has 6 heteroatoms. The van der Waals surface area contributed by atoms with Gasteiger partial charge in [0.1, 0.15) is 0 Å². The number of hydrazine groups is 2. The molecule has 5 nitrogen and oxygen atoms in total. The van der Waals surface area contributed by atoms with Gasteiger partial charge < -0.3 is 10.9 Å². The van der Waals surface area contributed by atoms with E-state index in [-0.39, 0.29) is 12.4 Å². The lowest BCUT2D eigenvalue weighted by atomic mass is 10.1. The number of nitrogens with two attached hydrogens (primary N) is 2. The summed E-state index contributed by atoms with van der Waals surface area (Å²) in [6.45, 7) is 1.92. The number of fused-ring (bicyclic) bond motifs is 1. The molecule has 0 amide bonds. The Kier molecular flexibility index (Phi) is 3.89. The Balaban J connectivity index is 0.00000128. The first-order chi connectivity index (χ1) is 7.24. The minimum Gasteiger partial charge on any atom is -0.324 e. The predicted molar refractivity (Wildman–Crippen MR) is 69.3 cm³/mol. The van der Waals surface area contributed by atoms with Crippen LogP contribution in [0, 0.1) is 6.92 Å². The molecule has 1 aromatic heterocycles. The SMILES string of the molecule is Cc1cc(NN)c2ccc(NN)cc2n1.Cl. The van der Waals surface area contributed by atoms with Gasteiger partial charge in [0.25, 0.3) is 0 Å². The molecule has 2 aromatic rings. The number of pyridine rings is 1. The van der Waals surface area contributed by atoms with Crippen molar-refractivity contribution < 1.29 is 0 Å². The molecule has 86 valence electrons. The molecular formula is C10H14ClN5. The number of benzene rings is 1. The van der Waals surface area contributed by atoms with Crippen molar-refractivity contribution in [3.63, 3.8) is 0 Å². The number of nitrogen functional groups attached to an aromatic ring is 2. The van der Waals surface area contributed by atoms with E-state index in [1.807, 2.05) is 31.2 Å². The third kappa shape index (κ3) is 2.16. The second-order valence-corrected chi connectivity index (χ2v) is 3.33. The van der Waals surface area contributed by atoms with Crippen molar-refractivity contribution in [3.8, 4) is 0 Å². The normalized spacial score (nSPS) is 9.69. The first kappa shape index (κ1) is 12.5. The Morgan fingerprint density at radius 1 is 1.12 bits per heavy atom. The summed E-state index contributed by atoms with van der Waals surface area (Å²) in [6, 6.07) is 7.58. The summed E-state index contributed by atoms with van der Waals surface area (Å²) in [7, 11) is 0. The number of rotatable bonds is 2. The summed E-state index contributed by atoms with van der Waals surface area (Å²) in [5.41, 5.74) is 8.69. The quantitative estimate of drug-likeness (QED) is 0.472. The lowest BCUT2D eigenvalue weighted by molar-refractivity contribution is 1.24. The fourth-order valence-corrected chi connectivity index (χ4v) is 1.57. The molecule has 0 aliphatic carbocycles. The van der Waals surface area contributed by atoms with Crippen molar-refractivity contribution >= 4 is 34.7 Å². The molecule has 2 rings (SSSR count). The smallest absolute Gasteiger partial charge is 0.0747 e. The van der Waals surface area contributed by atoms with Crippen LogP contribution in [0.1, 0.15) is 5.69 Å². The van der Waals surface area contributed by atoms with E-state index in [0.717, 1.165) is 28.0 Å². The third-order valence-electron chi connectivity index (χ3n) is 2.26. The van der Waals surface area contributed by atoms with E-state index < -0.39 is 0 Å². The zero-order valence-electron chi connectivity index (χ0n) is 8.82. The largest absolute Gasteiger partial charge is 0.324 e. The molecule has 0 bridgehead atoms. The fourth-order valence-electron chi connectivity index (χ4n) is 1.57. The van der Waals surface area contributed by atoms with E-state index in [4.69, 9.17) is 11.7 Å². The number of aromatic nitrogens is 1. The van der Waals surface area contributed by atoms with Crippen LogP contribution < -0.4 is 22.5 Å². The highest BCUT2D eigenvalue weighted by Gasteiger charge is 2.03. The van der Waals surface area contributed by atoms with Gasteiger partial charge in [0.05, 0.1) is 16.9 Å². The van der Waals surface area contributed by atoms with Crippen LogP contribution in [0.2, 0.25) is 0 Å². The van der Waals surface area contributed by atoms with Gasteiger partial charge in [-0.2, -0.15) is 0 Å². The van der Waals surface area contributed by atoms with Crippen molar-refractivity contribution in [2.75, 3.05) is 10.9 Å². The molecular weight excluding hydrogens is 226 g/mol. The maximum Gasteiger partial charge on any atom is 0.0747 e. The summed E-state index contributed by atoms with van der Waals surface area (Å²) >= 11 is 0. The average Bonchev–Trinajstić information content (AvgIpc) is 2.26. The Labute approximate surface area is 99.6 Å². The standard InChI is InChI=1S/C10H13N5.ClH/c1-6-4-10(15-12)8-3-2-7(14-11)5-9(8)13-6;/h2-5,14H,11-12H2,1H3,(H,13,15);1H. The summed E-state index contributed by atoms with van der Waals surface area (Å²) < 4.78 is 0. The molecule has 0 aliphatic heterocycles. The maximum atomic E-state index is 5.44. The molecule has 1 aromatic carbocycles. The molecule has 0 saturated heterocycles. The molecule has 0 saturated carbocycles. The molecule has 0 fully saturated rings. The highest BCUT2D eigenvalue weighted by molar-refractivity contribution is 5.93. The van der Waals surface area contributed by atoms with Crippen molar-refractivity contribution in [1.82, 2.24) is 4.98 Å². The molecule has 0 radical (unpaired) electrons. The van der Waals surface area contributed by atoms with Crippen molar-refractivity contribution in [2.45, 2.75) is 6.92 Å². The highest BCUT2D eigenvalue weighted by atomic mass is 35.5. The van der Waals surface area contributed by atoms with Gasteiger partial charge in [0, 0.05) is 11.1 Å². The molecule has 0 unspecified atom stereocenters. The van der Waals surface area contributed by atoms with E-state index >= 15 is 0 Å². The van der Waals surface area contributed by atoms with Gasteiger partial charge in [-0.25, -0.2) is 0 Å². The second-order valence-electron chi connectivity index (χ2n) is 3.33. The number of hydrogen-bond donors (Lipinski definition) is 4. The Morgan fingerprint density at radius 2 is 1.88 bits per heavy atom. The monoisotopic (exact) mass is 239 g/mol. The maximum absolute atomic E-state index is 5.44. The Morgan fingerprint density at radius 3 is 2.50 bits per heavy atom. The lowest BCUT2D eigenvalue weighted by Gasteiger charge is -2.08. The first-order valence-electron chi connectivity index (χ1n) is 4.59. The van der Waals surface area contributed by atoms with Gasteiger partial charge >= 0.3 is 0 Å². The van der Waals surface area contributed by atoms with Gasteiger partial charge in [-0.15, -0.1) is 12.4 Å². The van der Waals surface area contributed by atoms with Gasteiger partial charge in [-0.05, 0) is 31.2 Å². The number of halogens is 1. The number of anilines is 2. The summed E-state index contributed by atoms with van der Waals surface area (Å²) in [5, 5.41) is 0.974. The Bertz CT molecular complexity index is 500. The van der Waals surface area contributed by atoms with Crippen LogP contribution in [0.15, 0.2) is 24.3 Å². The number of aryl methyl sites for hydroxylation is 1. The highest BCUT2D eigenvalue weighted by Crippen LogP contribution is 2.24. The van der Waals surface area contributed by atoms with E-state index in [1.54, 1.807) is 0 Å². The van der Waals surface area contributed by atoms with Crippen LogP contribution in [0.3, 0.4) is 0 Å². The van der Waals surface area contributed by atoms with E-state index in [1.165, 1.54) is 0 Å². The van der Waals surface area contributed by atoms with Gasteiger partial charge in [0.15, 0.2) is 0 Å². The van der Waals surface area contributed by atoms with Gasteiger partial charge in [0.2, 0.25) is 0 Å². The number of nitrogens with one attached hydrogen (secondary N) is 2. The number of hydrogen-bond acceptors (Lipinski definition) is 5. The zero-order valence-corrected chi connectivity index (χ0v) is 9.64. The summed E-state index contributed by atoms with van der Waals surface area (Å²) in [6.07, 6.45) is 0. The fraction of sp³-hybridized carbons (Fsp3) is 0.100. The molecule has 0 atom stereocenters. The predicted octanol–water partition coefficient (Wildman–Crippen LogP) is 1.54. The van der Waals surface area contributed by atoms with E-state index in [0.29, 0.717) is 0 Å². The topological polar surface area (TPSA) is 89.0 Å². The Hall–Kier alpha value is -1.56. The molecule has 0 spiro atoms. The second kappa shape index (κ2) is 4.98. The molecule has 0 aliphatic rings. The van der Waals surface area contributed by atoms with Crippen LogP contribution in [-0.4, -0.2) is 4.98 Å². The van der Waals surface area contributed by atoms with Crippen LogP contribution in [-0.2, 0) is 0 Å². The van der Waals surface area contributed by atoms with Gasteiger partial charge in [-0.3, -0.25) is 16.7 Å². The molecule has 1 heterocycles. The summed E-state index contributed by atoms with van der Waals surface area (Å²) in [4.78, 5) is 4.40. The van der Waals surface area contributed by atoms with Gasteiger partial charge in [-0.1, -0.05) is 0 Å². The zero-order chi connectivity index (χ0) is 10.8. The van der Waals surface area contributed by atoms with Crippen LogP contribution >= 0.6 is 12.4 Å². The van der Waals surface area contributed by atoms with Crippen molar-refractivity contribution in [1.29, 1.82) is 0 Å².